The predicted molar refractivity (Wildman–Crippen MR) is 116 cm³/mol. The van der Waals surface area contributed by atoms with E-state index in [4.69, 9.17) is 4.42 Å². The Morgan fingerprint density at radius 1 is 1.07 bits per heavy atom. The van der Waals surface area contributed by atoms with Crippen LogP contribution in [-0.4, -0.2) is 21.0 Å². The van der Waals surface area contributed by atoms with Crippen molar-refractivity contribution in [2.24, 2.45) is 0 Å². The third-order valence-electron chi connectivity index (χ3n) is 4.42. The van der Waals surface area contributed by atoms with Gasteiger partial charge in [0.05, 0.1) is 16.4 Å². The zero-order chi connectivity index (χ0) is 21.3. The molecular formula is C21H13BrN2O5S. The van der Waals surface area contributed by atoms with Crippen molar-refractivity contribution in [3.8, 4) is 11.3 Å². The molecule has 7 nitrogen and oxygen atoms in total. The molecular weight excluding hydrogens is 472 g/mol. The van der Waals surface area contributed by atoms with Crippen LogP contribution in [0.3, 0.4) is 0 Å². The molecule has 150 valence electrons. The molecule has 9 heteroatoms. The molecule has 0 bridgehead atoms. The minimum absolute atomic E-state index is 0.00995. The van der Waals surface area contributed by atoms with Gasteiger partial charge in [-0.3, -0.25) is 24.6 Å². The average Bonchev–Trinajstić information content (AvgIpc) is 3.30. The van der Waals surface area contributed by atoms with Crippen molar-refractivity contribution in [2.45, 2.75) is 6.54 Å². The average molecular weight is 485 g/mol. The van der Waals surface area contributed by atoms with Gasteiger partial charge >= 0.3 is 0 Å². The van der Waals surface area contributed by atoms with Crippen LogP contribution in [0, 0.1) is 10.1 Å². The molecule has 2 amide bonds. The van der Waals surface area contributed by atoms with E-state index in [-0.39, 0.29) is 28.3 Å². The molecule has 0 radical (unpaired) electrons. The van der Waals surface area contributed by atoms with E-state index in [0.29, 0.717) is 17.1 Å². The van der Waals surface area contributed by atoms with Crippen molar-refractivity contribution in [2.75, 3.05) is 0 Å². The first-order valence-electron chi connectivity index (χ1n) is 8.76. The topological polar surface area (TPSA) is 93.7 Å². The van der Waals surface area contributed by atoms with Crippen LogP contribution < -0.4 is 0 Å². The van der Waals surface area contributed by atoms with Crippen molar-refractivity contribution < 1.29 is 18.9 Å². The molecule has 0 unspecified atom stereocenters. The number of hydrogen-bond acceptors (Lipinski definition) is 6. The van der Waals surface area contributed by atoms with E-state index in [1.54, 1.807) is 24.3 Å². The van der Waals surface area contributed by atoms with E-state index >= 15 is 0 Å². The van der Waals surface area contributed by atoms with Crippen molar-refractivity contribution in [1.29, 1.82) is 0 Å². The molecule has 0 spiro atoms. The Kier molecular flexibility index (Phi) is 5.56. The minimum atomic E-state index is -0.471. The van der Waals surface area contributed by atoms with Gasteiger partial charge in [0.1, 0.15) is 11.5 Å². The molecule has 1 aliphatic heterocycles. The lowest BCUT2D eigenvalue weighted by Crippen LogP contribution is -2.27. The number of benzene rings is 2. The molecule has 0 N–H and O–H groups in total. The molecule has 0 saturated carbocycles. The summed E-state index contributed by atoms with van der Waals surface area (Å²) in [6.45, 7) is 0.176. The lowest BCUT2D eigenvalue weighted by molar-refractivity contribution is -0.384. The third-order valence-corrected chi connectivity index (χ3v) is 6.10. The molecule has 0 aliphatic carbocycles. The number of imide groups is 1. The summed E-state index contributed by atoms with van der Waals surface area (Å²) < 4.78 is 6.56. The Hall–Kier alpha value is -3.17. The summed E-state index contributed by atoms with van der Waals surface area (Å²) in [6.07, 6.45) is 1.53. The molecule has 4 rings (SSSR count). The first kappa shape index (κ1) is 20.1. The quantitative estimate of drug-likeness (QED) is 0.256. The molecule has 30 heavy (non-hydrogen) atoms. The van der Waals surface area contributed by atoms with Gasteiger partial charge in [-0.1, -0.05) is 34.1 Å². The lowest BCUT2D eigenvalue weighted by atomic mass is 10.1. The fraction of sp³-hybridized carbons (Fsp3) is 0.0476. The summed E-state index contributed by atoms with van der Waals surface area (Å²) in [6, 6.07) is 16.8. The summed E-state index contributed by atoms with van der Waals surface area (Å²) in [4.78, 5) is 36.8. The maximum Gasteiger partial charge on any atom is 0.293 e. The summed E-state index contributed by atoms with van der Waals surface area (Å²) in [5.74, 6) is 0.535. The van der Waals surface area contributed by atoms with Gasteiger partial charge in [0.2, 0.25) is 0 Å². The van der Waals surface area contributed by atoms with Crippen LogP contribution in [-0.2, 0) is 11.3 Å². The van der Waals surface area contributed by atoms with Crippen LogP contribution in [0.15, 0.2) is 74.5 Å². The zero-order valence-electron chi connectivity index (χ0n) is 15.3. The van der Waals surface area contributed by atoms with Gasteiger partial charge in [0.25, 0.3) is 16.8 Å². The maximum absolute atomic E-state index is 12.7. The summed E-state index contributed by atoms with van der Waals surface area (Å²) >= 11 is 4.29. The zero-order valence-corrected chi connectivity index (χ0v) is 17.7. The second-order valence-corrected chi connectivity index (χ2v) is 8.21. The third kappa shape index (κ3) is 4.07. The van der Waals surface area contributed by atoms with Crippen molar-refractivity contribution in [1.82, 2.24) is 4.90 Å². The highest BCUT2D eigenvalue weighted by molar-refractivity contribution is 9.10. The number of halogens is 1. The molecule has 1 aromatic heterocycles. The van der Waals surface area contributed by atoms with Crippen LogP contribution in [0.4, 0.5) is 10.5 Å². The van der Waals surface area contributed by atoms with Crippen LogP contribution in [0.5, 0.6) is 0 Å². The highest BCUT2D eigenvalue weighted by Gasteiger charge is 2.35. The molecule has 2 heterocycles. The number of hydrogen-bond donors (Lipinski definition) is 0. The highest BCUT2D eigenvalue weighted by atomic mass is 79.9. The van der Waals surface area contributed by atoms with Gasteiger partial charge < -0.3 is 4.42 Å². The number of thioether (sulfide) groups is 1. The smallest absolute Gasteiger partial charge is 0.293 e. The number of furan rings is 1. The Bertz CT molecular complexity index is 1190. The fourth-order valence-corrected chi connectivity index (χ4v) is 4.12. The second kappa shape index (κ2) is 8.29. The van der Waals surface area contributed by atoms with Gasteiger partial charge in [-0.15, -0.1) is 0 Å². The van der Waals surface area contributed by atoms with Crippen LogP contribution in [0.2, 0.25) is 0 Å². The number of nitro groups is 1. The fourth-order valence-electron chi connectivity index (χ4n) is 2.90. The van der Waals surface area contributed by atoms with E-state index in [0.717, 1.165) is 21.8 Å². The van der Waals surface area contributed by atoms with Crippen molar-refractivity contribution in [3.63, 3.8) is 0 Å². The summed E-state index contributed by atoms with van der Waals surface area (Å²) in [7, 11) is 0. The Labute approximate surface area is 183 Å². The lowest BCUT2D eigenvalue weighted by Gasteiger charge is -2.13. The summed E-state index contributed by atoms with van der Waals surface area (Å²) in [5.41, 5.74) is 1.49. The molecule has 3 aromatic rings. The Morgan fingerprint density at radius 2 is 1.80 bits per heavy atom. The van der Waals surface area contributed by atoms with Crippen LogP contribution in [0.25, 0.3) is 17.4 Å². The normalized spacial score (nSPS) is 15.2. The van der Waals surface area contributed by atoms with E-state index < -0.39 is 4.92 Å². The highest BCUT2D eigenvalue weighted by Crippen LogP contribution is 2.35. The van der Waals surface area contributed by atoms with E-state index in [1.165, 1.54) is 23.1 Å². The number of nitrogens with zero attached hydrogens (tertiary/aromatic N) is 2. The first-order chi connectivity index (χ1) is 14.4. The minimum Gasteiger partial charge on any atom is -0.457 e. The van der Waals surface area contributed by atoms with Gasteiger partial charge in [-0.05, 0) is 47.7 Å². The molecule has 0 atom stereocenters. The molecule has 2 aromatic carbocycles. The van der Waals surface area contributed by atoms with E-state index in [9.17, 15) is 19.7 Å². The van der Waals surface area contributed by atoms with Crippen molar-refractivity contribution >= 4 is 50.6 Å². The number of amides is 2. The predicted octanol–water partition coefficient (Wildman–Crippen LogP) is 5.85. The number of carbonyl (C=O) groups excluding carboxylic acids is 2. The number of non-ortho nitro benzene ring substituents is 1. The molecule has 1 saturated heterocycles. The standard InChI is InChI=1S/C21H13BrN2O5S/c22-17-4-2-1-3-14(17)12-23-20(25)19(30-21(23)26)11-16-9-10-18(29-16)13-5-7-15(8-6-13)24(27)28/h1-11H,12H2/b19-11+. The number of rotatable bonds is 5. The van der Waals surface area contributed by atoms with Crippen LogP contribution >= 0.6 is 27.7 Å². The van der Waals surface area contributed by atoms with Crippen molar-refractivity contribution in [3.05, 3.63) is 91.5 Å². The van der Waals surface area contributed by atoms with Gasteiger partial charge in [0, 0.05) is 28.2 Å². The maximum atomic E-state index is 12.7. The van der Waals surface area contributed by atoms with Gasteiger partial charge in [-0.25, -0.2) is 0 Å². The first-order valence-corrected chi connectivity index (χ1v) is 10.4. The van der Waals surface area contributed by atoms with E-state index in [2.05, 4.69) is 15.9 Å². The monoisotopic (exact) mass is 484 g/mol. The summed E-state index contributed by atoms with van der Waals surface area (Å²) in [5, 5.41) is 10.4. The Balaban J connectivity index is 1.53. The van der Waals surface area contributed by atoms with Gasteiger partial charge in [0.15, 0.2) is 0 Å². The number of nitro benzene ring substituents is 1. The van der Waals surface area contributed by atoms with Gasteiger partial charge in [-0.2, -0.15) is 0 Å². The van der Waals surface area contributed by atoms with Crippen LogP contribution in [0.1, 0.15) is 11.3 Å². The SMILES string of the molecule is O=C1S/C(=C/c2ccc(-c3ccc([N+](=O)[O-])cc3)o2)C(=O)N1Cc1ccccc1Br. The largest absolute Gasteiger partial charge is 0.457 e. The number of carbonyl (C=O) groups is 2. The Morgan fingerprint density at radius 3 is 2.50 bits per heavy atom. The second-order valence-electron chi connectivity index (χ2n) is 6.37. The molecule has 1 fully saturated rings. The molecule has 1 aliphatic rings. The van der Waals surface area contributed by atoms with E-state index in [1.807, 2.05) is 24.3 Å².